The van der Waals surface area contributed by atoms with Crippen molar-refractivity contribution in [3.05, 3.63) is 399 Å². The summed E-state index contributed by atoms with van der Waals surface area (Å²) in [6, 6.07) is 141. The van der Waals surface area contributed by atoms with Crippen molar-refractivity contribution in [1.29, 1.82) is 0 Å². The van der Waals surface area contributed by atoms with Crippen LogP contribution in [0.1, 0.15) is 25.0 Å². The van der Waals surface area contributed by atoms with Crippen LogP contribution in [0.3, 0.4) is 0 Å². The normalized spacial score (nSPS) is 12.3. The molecule has 0 N–H and O–H groups in total. The van der Waals surface area contributed by atoms with Gasteiger partial charge in [-0.25, -0.2) is 0 Å². The molecule has 0 fully saturated rings. The Labute approximate surface area is 599 Å². The Bertz CT molecular complexity index is 6330. The van der Waals surface area contributed by atoms with Crippen LogP contribution in [-0.4, -0.2) is 9.13 Å². The van der Waals surface area contributed by atoms with Crippen molar-refractivity contribution in [2.75, 3.05) is 9.80 Å². The number of anilines is 6. The van der Waals surface area contributed by atoms with Crippen molar-refractivity contribution in [3.63, 3.8) is 0 Å². The zero-order chi connectivity index (χ0) is 68.5. The zero-order valence-corrected chi connectivity index (χ0v) is 57.2. The number of hydrogen-bond donors (Lipinski definition) is 0. The fraction of sp³-hybridized carbons (Fsp3) is 0.0303. The summed E-state index contributed by atoms with van der Waals surface area (Å²) in [7, 11) is 0. The third-order valence-electron chi connectivity index (χ3n) is 21.3. The SMILES string of the molecule is CC1(C)c2cc(N(c3ccccc3)c3ccc(-c4ccc5ccccc5c4)cc3)ccc2-c2ccc(-n3c4ccccc4c4ccccc43)cc21.c1ccc(N(c2ccc(-c3ccc4ccccc4c3)cc2)c2ccc(-c3ccc(-n4c5ccccc5c5ccccc54)c4ccccc34)cc2)cc1. The lowest BCUT2D eigenvalue weighted by atomic mass is 9.82. The molecule has 0 saturated heterocycles. The maximum absolute atomic E-state index is 2.42. The van der Waals surface area contributed by atoms with Crippen molar-refractivity contribution < 1.29 is 0 Å². The summed E-state index contributed by atoms with van der Waals surface area (Å²) in [5, 5.41) is 12.6. The van der Waals surface area contributed by atoms with Crippen LogP contribution in [0.2, 0.25) is 0 Å². The molecule has 0 aliphatic heterocycles. The van der Waals surface area contributed by atoms with Gasteiger partial charge in [0.25, 0.3) is 0 Å². The first-order valence-corrected chi connectivity index (χ1v) is 35.6. The van der Waals surface area contributed by atoms with E-state index in [0.717, 1.165) is 34.1 Å². The van der Waals surface area contributed by atoms with Gasteiger partial charge in [0.05, 0.1) is 27.8 Å². The Morgan fingerprint density at radius 3 is 1.04 bits per heavy atom. The van der Waals surface area contributed by atoms with Crippen LogP contribution in [0.15, 0.2) is 388 Å². The molecule has 486 valence electrons. The fourth-order valence-electron chi connectivity index (χ4n) is 16.3. The quantitative estimate of drug-likeness (QED) is 0.128. The number of para-hydroxylation sites is 6. The smallest absolute Gasteiger partial charge is 0.0541 e. The van der Waals surface area contributed by atoms with Crippen LogP contribution in [0.4, 0.5) is 34.1 Å². The van der Waals surface area contributed by atoms with Gasteiger partial charge in [-0.1, -0.05) is 275 Å². The second-order valence-corrected chi connectivity index (χ2v) is 27.6. The van der Waals surface area contributed by atoms with Crippen LogP contribution in [0.5, 0.6) is 0 Å². The molecule has 0 bridgehead atoms. The standard InChI is InChI=1S/C50H34N2.C49H36N2/c1-2-14-40(15-3-1)51(41-28-24-36(25-29-41)39-23-22-35-12-4-5-13-38(35)34-39)42-30-26-37(27-31-42)43-32-33-50(45-17-7-6-16-44(43)45)52-48-20-10-8-18-46(48)47-19-9-11-21-49(47)52;1-49(2)45-31-39(50(37-14-4-3-5-15-37)38-24-22-34(23-25-38)36-21-20-33-12-6-7-13-35(33)30-36)26-28-41(45)42-29-27-40(32-46(42)49)51-47-18-10-8-16-43(47)44-17-9-11-19-48(44)51/h1-34H;3-32H,1-2H3. The summed E-state index contributed by atoms with van der Waals surface area (Å²) in [6.45, 7) is 4.75. The Balaban J connectivity index is 0.000000142. The molecule has 20 rings (SSSR count). The first-order chi connectivity index (χ1) is 50.8. The van der Waals surface area contributed by atoms with Gasteiger partial charge in [0.1, 0.15) is 0 Å². The molecule has 1 aliphatic rings. The van der Waals surface area contributed by atoms with Crippen LogP contribution < -0.4 is 9.80 Å². The molecule has 2 heterocycles. The molecule has 103 heavy (non-hydrogen) atoms. The van der Waals surface area contributed by atoms with E-state index in [1.165, 1.54) is 143 Å². The molecule has 0 saturated carbocycles. The van der Waals surface area contributed by atoms with Gasteiger partial charge in [-0.05, 0) is 210 Å². The number of benzene rings is 17. The second-order valence-electron chi connectivity index (χ2n) is 27.6. The molecule has 0 amide bonds. The van der Waals surface area contributed by atoms with Gasteiger partial charge < -0.3 is 18.9 Å². The van der Waals surface area contributed by atoms with Crippen molar-refractivity contribution >= 4 is 110 Å². The monoisotopic (exact) mass is 1310 g/mol. The molecule has 1 aliphatic carbocycles. The topological polar surface area (TPSA) is 16.3 Å². The Morgan fingerprint density at radius 2 is 0.553 bits per heavy atom. The fourth-order valence-corrected chi connectivity index (χ4v) is 16.3. The second kappa shape index (κ2) is 25.2. The molecule has 19 aromatic rings. The predicted octanol–water partition coefficient (Wildman–Crippen LogP) is 27.3. The van der Waals surface area contributed by atoms with Gasteiger partial charge in [0.2, 0.25) is 0 Å². The highest BCUT2D eigenvalue weighted by atomic mass is 15.1. The van der Waals surface area contributed by atoms with E-state index in [4.69, 9.17) is 0 Å². The summed E-state index contributed by atoms with van der Waals surface area (Å²) < 4.78 is 4.84. The summed E-state index contributed by atoms with van der Waals surface area (Å²) in [5.41, 5.74) is 26.5. The van der Waals surface area contributed by atoms with E-state index in [-0.39, 0.29) is 5.41 Å². The average molecular weight is 1320 g/mol. The van der Waals surface area contributed by atoms with Gasteiger partial charge in [-0.15, -0.1) is 0 Å². The lowest BCUT2D eigenvalue weighted by molar-refractivity contribution is 0.660. The minimum absolute atomic E-state index is 0.183. The van der Waals surface area contributed by atoms with E-state index in [1.807, 2.05) is 0 Å². The number of aromatic nitrogens is 2. The molecule has 2 aromatic heterocycles. The molecule has 17 aromatic carbocycles. The number of hydrogen-bond acceptors (Lipinski definition) is 2. The molecule has 0 spiro atoms. The largest absolute Gasteiger partial charge is 0.311 e. The third kappa shape index (κ3) is 10.6. The summed E-state index contributed by atoms with van der Waals surface area (Å²) in [4.78, 5) is 4.71. The molecule has 4 heteroatoms. The third-order valence-corrected chi connectivity index (χ3v) is 21.3. The summed E-state index contributed by atoms with van der Waals surface area (Å²) in [6.07, 6.45) is 0. The Hall–Kier alpha value is -13.3. The minimum Gasteiger partial charge on any atom is -0.311 e. The van der Waals surface area contributed by atoms with Gasteiger partial charge in [-0.3, -0.25) is 0 Å². The molecular formula is C99H70N4. The lowest BCUT2D eigenvalue weighted by Crippen LogP contribution is -2.17. The van der Waals surface area contributed by atoms with Crippen LogP contribution in [0, 0.1) is 0 Å². The number of rotatable bonds is 11. The van der Waals surface area contributed by atoms with Gasteiger partial charge in [0.15, 0.2) is 0 Å². The minimum atomic E-state index is -0.183. The van der Waals surface area contributed by atoms with Gasteiger partial charge in [-0.2, -0.15) is 0 Å². The van der Waals surface area contributed by atoms with Crippen molar-refractivity contribution in [2.24, 2.45) is 0 Å². The van der Waals surface area contributed by atoms with Crippen LogP contribution >= 0.6 is 0 Å². The number of fused-ring (bicyclic) bond motifs is 12. The highest BCUT2D eigenvalue weighted by Gasteiger charge is 2.37. The van der Waals surface area contributed by atoms with Crippen molar-refractivity contribution in [3.8, 4) is 55.9 Å². The van der Waals surface area contributed by atoms with Crippen molar-refractivity contribution in [2.45, 2.75) is 19.3 Å². The van der Waals surface area contributed by atoms with Crippen molar-refractivity contribution in [1.82, 2.24) is 9.13 Å². The molecule has 0 unspecified atom stereocenters. The van der Waals surface area contributed by atoms with Crippen LogP contribution in [-0.2, 0) is 5.41 Å². The number of nitrogens with zero attached hydrogens (tertiary/aromatic N) is 4. The van der Waals surface area contributed by atoms with Crippen LogP contribution in [0.25, 0.3) is 132 Å². The maximum Gasteiger partial charge on any atom is 0.0541 e. The van der Waals surface area contributed by atoms with E-state index in [9.17, 15) is 0 Å². The highest BCUT2D eigenvalue weighted by Crippen LogP contribution is 2.52. The molecule has 0 radical (unpaired) electrons. The Kier molecular flexibility index (Phi) is 14.9. The van der Waals surface area contributed by atoms with E-state index in [1.54, 1.807) is 0 Å². The van der Waals surface area contributed by atoms with Gasteiger partial charge in [0, 0.05) is 72.2 Å². The summed E-state index contributed by atoms with van der Waals surface area (Å²) >= 11 is 0. The molecule has 0 atom stereocenters. The molecular weight excluding hydrogens is 1250 g/mol. The highest BCUT2D eigenvalue weighted by molar-refractivity contribution is 6.12. The first-order valence-electron chi connectivity index (χ1n) is 35.6. The average Bonchev–Trinajstić information content (AvgIpc) is 1.62. The lowest BCUT2D eigenvalue weighted by Gasteiger charge is -2.28. The van der Waals surface area contributed by atoms with E-state index < -0.39 is 0 Å². The Morgan fingerprint density at radius 1 is 0.214 bits per heavy atom. The van der Waals surface area contributed by atoms with E-state index >= 15 is 0 Å². The maximum atomic E-state index is 2.42. The molecule has 4 nitrogen and oxygen atoms in total. The van der Waals surface area contributed by atoms with Gasteiger partial charge >= 0.3 is 0 Å². The summed E-state index contributed by atoms with van der Waals surface area (Å²) in [5.74, 6) is 0. The first kappa shape index (κ1) is 60.9. The predicted molar refractivity (Wildman–Crippen MR) is 437 cm³/mol. The zero-order valence-electron chi connectivity index (χ0n) is 57.2. The van der Waals surface area contributed by atoms with E-state index in [2.05, 4.69) is 421 Å². The van der Waals surface area contributed by atoms with E-state index in [0.29, 0.717) is 0 Å².